The quantitative estimate of drug-likeness (QED) is 0.643. The highest BCUT2D eigenvalue weighted by molar-refractivity contribution is 7.98. The molecule has 6 heteroatoms. The summed E-state index contributed by atoms with van der Waals surface area (Å²) in [4.78, 5) is 22.8. The summed E-state index contributed by atoms with van der Waals surface area (Å²) in [5.41, 5.74) is 5.68. The van der Waals surface area contributed by atoms with Crippen LogP contribution in [0, 0.1) is 0 Å². The minimum Gasteiger partial charge on any atom is -0.480 e. The lowest BCUT2D eigenvalue weighted by atomic mass is 9.94. The summed E-state index contributed by atoms with van der Waals surface area (Å²) in [6.07, 6.45) is 6.40. The average molecular weight is 274 g/mol. The first kappa shape index (κ1) is 15.3. The van der Waals surface area contributed by atoms with Crippen molar-refractivity contribution in [1.82, 2.24) is 5.32 Å². The molecule has 1 aliphatic carbocycles. The summed E-state index contributed by atoms with van der Waals surface area (Å²) in [6, 6.07) is -0.796. The van der Waals surface area contributed by atoms with Gasteiger partial charge in [0.15, 0.2) is 0 Å². The molecule has 18 heavy (non-hydrogen) atoms. The Hall–Kier alpha value is -0.750. The van der Waals surface area contributed by atoms with Crippen molar-refractivity contribution in [2.24, 2.45) is 5.73 Å². The molecule has 4 N–H and O–H groups in total. The molecule has 0 aliphatic heterocycles. The Morgan fingerprint density at radius 3 is 2.56 bits per heavy atom. The number of carboxylic acids is 1. The van der Waals surface area contributed by atoms with Crippen LogP contribution in [-0.4, -0.2) is 40.6 Å². The van der Waals surface area contributed by atoms with Gasteiger partial charge in [-0.2, -0.15) is 11.8 Å². The number of carboxylic acid groups (broad SMARTS) is 1. The largest absolute Gasteiger partial charge is 0.480 e. The molecular formula is C12H22N2O3S. The second-order valence-electron chi connectivity index (χ2n) is 4.99. The van der Waals surface area contributed by atoms with Gasteiger partial charge in [-0.05, 0) is 31.3 Å². The lowest BCUT2D eigenvalue weighted by Gasteiger charge is -2.24. The molecule has 1 saturated carbocycles. The molecule has 1 aliphatic rings. The van der Waals surface area contributed by atoms with Gasteiger partial charge in [0, 0.05) is 12.0 Å². The van der Waals surface area contributed by atoms with Crippen LogP contribution in [0.25, 0.3) is 0 Å². The monoisotopic (exact) mass is 274 g/mol. The third kappa shape index (κ3) is 4.86. The first-order valence-electron chi connectivity index (χ1n) is 6.27. The Balaban J connectivity index is 2.43. The van der Waals surface area contributed by atoms with Crippen LogP contribution in [0.2, 0.25) is 0 Å². The standard InChI is InChI=1S/C12H22N2O3S/c1-18-7-4-9(11(16)17)14-10(15)8-12(13)5-2-3-6-12/h9H,2-8,13H2,1H3,(H,14,15)(H,16,17)/t9-/m0/s1. The Kier molecular flexibility index (Phi) is 5.95. The van der Waals surface area contributed by atoms with E-state index in [1.165, 1.54) is 0 Å². The lowest BCUT2D eigenvalue weighted by molar-refractivity contribution is -0.142. The fourth-order valence-electron chi connectivity index (χ4n) is 2.31. The number of carbonyl (C=O) groups excluding carboxylic acids is 1. The van der Waals surface area contributed by atoms with Crippen molar-refractivity contribution in [1.29, 1.82) is 0 Å². The third-order valence-electron chi connectivity index (χ3n) is 3.36. The molecule has 0 unspecified atom stereocenters. The minimum atomic E-state index is -0.977. The van der Waals surface area contributed by atoms with E-state index in [2.05, 4.69) is 5.32 Å². The lowest BCUT2D eigenvalue weighted by Crippen LogP contribution is -2.47. The molecule has 0 spiro atoms. The SMILES string of the molecule is CSCC[C@H](NC(=O)CC1(N)CCCC1)C(=O)O. The van der Waals surface area contributed by atoms with E-state index in [0.29, 0.717) is 12.2 Å². The zero-order valence-corrected chi connectivity index (χ0v) is 11.6. The average Bonchev–Trinajstić information content (AvgIpc) is 2.70. The zero-order valence-electron chi connectivity index (χ0n) is 10.8. The molecule has 5 nitrogen and oxygen atoms in total. The smallest absolute Gasteiger partial charge is 0.326 e. The van der Waals surface area contributed by atoms with Crippen molar-refractivity contribution in [3.8, 4) is 0 Å². The van der Waals surface area contributed by atoms with Gasteiger partial charge in [0.25, 0.3) is 0 Å². The minimum absolute atomic E-state index is 0.232. The van der Waals surface area contributed by atoms with E-state index in [9.17, 15) is 9.59 Å². The third-order valence-corrected chi connectivity index (χ3v) is 4.00. The number of hydrogen-bond donors (Lipinski definition) is 3. The summed E-state index contributed by atoms with van der Waals surface area (Å²) in [5.74, 6) is -0.506. The van der Waals surface area contributed by atoms with Gasteiger partial charge in [0.1, 0.15) is 6.04 Å². The molecule has 1 fully saturated rings. The van der Waals surface area contributed by atoms with Crippen LogP contribution in [0.1, 0.15) is 38.5 Å². The van der Waals surface area contributed by atoms with Crippen LogP contribution in [0.15, 0.2) is 0 Å². The number of amides is 1. The second-order valence-corrected chi connectivity index (χ2v) is 5.97. The Morgan fingerprint density at radius 1 is 1.44 bits per heavy atom. The number of aliphatic carboxylic acids is 1. The van der Waals surface area contributed by atoms with Crippen LogP contribution >= 0.6 is 11.8 Å². The van der Waals surface area contributed by atoms with Gasteiger partial charge in [-0.1, -0.05) is 12.8 Å². The molecule has 104 valence electrons. The Bertz CT molecular complexity index is 304. The van der Waals surface area contributed by atoms with E-state index in [0.717, 1.165) is 25.7 Å². The van der Waals surface area contributed by atoms with Gasteiger partial charge in [0.2, 0.25) is 5.91 Å². The Labute approximate surface area is 112 Å². The van der Waals surface area contributed by atoms with Crippen molar-refractivity contribution in [3.63, 3.8) is 0 Å². The van der Waals surface area contributed by atoms with Gasteiger partial charge in [-0.15, -0.1) is 0 Å². The fourth-order valence-corrected chi connectivity index (χ4v) is 2.79. The molecule has 1 atom stereocenters. The molecule has 1 amide bonds. The van der Waals surface area contributed by atoms with Crippen molar-refractivity contribution < 1.29 is 14.7 Å². The number of hydrogen-bond acceptors (Lipinski definition) is 4. The number of thioether (sulfide) groups is 1. The van der Waals surface area contributed by atoms with Crippen LogP contribution < -0.4 is 11.1 Å². The Morgan fingerprint density at radius 2 is 2.06 bits per heavy atom. The fraction of sp³-hybridized carbons (Fsp3) is 0.833. The predicted octanol–water partition coefficient (Wildman–Crippen LogP) is 0.970. The van der Waals surface area contributed by atoms with Gasteiger partial charge >= 0.3 is 5.97 Å². The number of carbonyl (C=O) groups is 2. The number of nitrogens with one attached hydrogen (secondary N) is 1. The molecule has 1 rings (SSSR count). The highest BCUT2D eigenvalue weighted by Crippen LogP contribution is 2.29. The molecule has 0 heterocycles. The van der Waals surface area contributed by atoms with E-state index < -0.39 is 17.6 Å². The highest BCUT2D eigenvalue weighted by Gasteiger charge is 2.32. The summed E-state index contributed by atoms with van der Waals surface area (Å²) in [5, 5.41) is 11.6. The second kappa shape index (κ2) is 6.99. The molecule has 0 bridgehead atoms. The summed E-state index contributed by atoms with van der Waals surface area (Å²) >= 11 is 1.57. The van der Waals surface area contributed by atoms with E-state index >= 15 is 0 Å². The van der Waals surface area contributed by atoms with E-state index in [-0.39, 0.29) is 12.3 Å². The summed E-state index contributed by atoms with van der Waals surface area (Å²) in [7, 11) is 0. The number of nitrogens with two attached hydrogens (primary N) is 1. The van der Waals surface area contributed by atoms with Crippen LogP contribution in [0.4, 0.5) is 0 Å². The maximum atomic E-state index is 11.8. The highest BCUT2D eigenvalue weighted by atomic mass is 32.2. The van der Waals surface area contributed by atoms with E-state index in [1.807, 2.05) is 6.26 Å². The van der Waals surface area contributed by atoms with Gasteiger partial charge in [-0.25, -0.2) is 4.79 Å². The van der Waals surface area contributed by atoms with Crippen molar-refractivity contribution >= 4 is 23.6 Å². The van der Waals surface area contributed by atoms with Gasteiger partial charge in [-0.3, -0.25) is 4.79 Å². The van der Waals surface area contributed by atoms with Crippen LogP contribution in [-0.2, 0) is 9.59 Å². The molecule has 0 radical (unpaired) electrons. The molecule has 0 aromatic rings. The molecular weight excluding hydrogens is 252 g/mol. The topological polar surface area (TPSA) is 92.4 Å². The maximum absolute atomic E-state index is 11.8. The van der Waals surface area contributed by atoms with Crippen molar-refractivity contribution in [2.45, 2.75) is 50.1 Å². The molecule has 0 aromatic heterocycles. The van der Waals surface area contributed by atoms with Crippen LogP contribution in [0.3, 0.4) is 0 Å². The summed E-state index contributed by atoms with van der Waals surface area (Å²) in [6.45, 7) is 0. The zero-order chi connectivity index (χ0) is 13.6. The predicted molar refractivity (Wildman–Crippen MR) is 72.6 cm³/mol. The molecule has 0 saturated heterocycles. The molecule has 0 aromatic carbocycles. The first-order valence-corrected chi connectivity index (χ1v) is 7.66. The summed E-state index contributed by atoms with van der Waals surface area (Å²) < 4.78 is 0. The number of rotatable bonds is 7. The van der Waals surface area contributed by atoms with Crippen molar-refractivity contribution in [3.05, 3.63) is 0 Å². The van der Waals surface area contributed by atoms with E-state index in [4.69, 9.17) is 10.8 Å². The maximum Gasteiger partial charge on any atom is 0.326 e. The van der Waals surface area contributed by atoms with Gasteiger partial charge in [0.05, 0.1) is 0 Å². The van der Waals surface area contributed by atoms with E-state index in [1.54, 1.807) is 11.8 Å². The van der Waals surface area contributed by atoms with Crippen LogP contribution in [0.5, 0.6) is 0 Å². The van der Waals surface area contributed by atoms with Crippen molar-refractivity contribution in [2.75, 3.05) is 12.0 Å². The first-order chi connectivity index (χ1) is 8.47. The van der Waals surface area contributed by atoms with Gasteiger partial charge < -0.3 is 16.2 Å². The normalized spacial score (nSPS) is 19.4.